The fraction of sp³-hybridized carbons (Fsp3) is 0.381. The Kier molecular flexibility index (Phi) is 5.32. The molecule has 3 aromatic rings. The van der Waals surface area contributed by atoms with Gasteiger partial charge in [-0.3, -0.25) is 4.79 Å². The summed E-state index contributed by atoms with van der Waals surface area (Å²) in [6, 6.07) is 5.17. The van der Waals surface area contributed by atoms with Gasteiger partial charge in [0.1, 0.15) is 23.7 Å². The second-order valence-corrected chi connectivity index (χ2v) is 7.72. The Morgan fingerprint density at radius 2 is 2.17 bits per heavy atom. The lowest BCUT2D eigenvalue weighted by atomic mass is 9.96. The van der Waals surface area contributed by atoms with Crippen molar-refractivity contribution in [3.63, 3.8) is 0 Å². The minimum atomic E-state index is -0.175. The van der Waals surface area contributed by atoms with Crippen LogP contribution in [0, 0.1) is 19.8 Å². The Morgan fingerprint density at radius 3 is 2.97 bits per heavy atom. The number of nitrogens with one attached hydrogen (secondary N) is 1. The molecule has 0 bridgehead atoms. The molecule has 1 aliphatic heterocycles. The maximum Gasteiger partial charge on any atom is 0.231 e. The van der Waals surface area contributed by atoms with Crippen LogP contribution in [0.4, 0.5) is 11.5 Å². The number of hydrogen-bond donors (Lipinski definition) is 1. The van der Waals surface area contributed by atoms with Gasteiger partial charge in [0.25, 0.3) is 0 Å². The van der Waals surface area contributed by atoms with Gasteiger partial charge in [0.2, 0.25) is 11.6 Å². The first-order valence-corrected chi connectivity index (χ1v) is 9.95. The van der Waals surface area contributed by atoms with Crippen LogP contribution in [0.15, 0.2) is 28.9 Å². The van der Waals surface area contributed by atoms with Crippen LogP contribution in [0.3, 0.4) is 0 Å². The van der Waals surface area contributed by atoms with Crippen LogP contribution in [0.25, 0.3) is 11.1 Å². The zero-order valence-electron chi connectivity index (χ0n) is 16.7. The number of carbonyl (C=O) groups excluding carboxylic acids is 1. The van der Waals surface area contributed by atoms with Crippen molar-refractivity contribution < 1.29 is 13.9 Å². The number of ether oxygens (including phenoxy) is 1. The van der Waals surface area contributed by atoms with Gasteiger partial charge in [-0.25, -0.2) is 9.97 Å². The lowest BCUT2D eigenvalue weighted by molar-refractivity contribution is -0.120. The van der Waals surface area contributed by atoms with Gasteiger partial charge in [0, 0.05) is 23.7 Å². The van der Waals surface area contributed by atoms with Crippen molar-refractivity contribution in [3.8, 4) is 5.75 Å². The molecule has 3 heterocycles. The monoisotopic (exact) mass is 414 g/mol. The SMILES string of the molecule is COc1ccc(Cl)cc1NC(=O)C1CCCN(c2ncnc3oc(C)c(C)c23)C1. The molecule has 0 saturated carbocycles. The molecule has 1 N–H and O–H groups in total. The van der Waals surface area contributed by atoms with Gasteiger partial charge in [-0.2, -0.15) is 0 Å². The number of amides is 1. The molecule has 0 radical (unpaired) electrons. The number of piperidine rings is 1. The van der Waals surface area contributed by atoms with Gasteiger partial charge in [0.05, 0.1) is 24.1 Å². The highest BCUT2D eigenvalue weighted by molar-refractivity contribution is 6.31. The van der Waals surface area contributed by atoms with Gasteiger partial charge in [-0.1, -0.05) is 11.6 Å². The predicted molar refractivity (Wildman–Crippen MR) is 113 cm³/mol. The highest BCUT2D eigenvalue weighted by Gasteiger charge is 2.29. The number of aryl methyl sites for hydroxylation is 2. The predicted octanol–water partition coefficient (Wildman–Crippen LogP) is 4.36. The van der Waals surface area contributed by atoms with Crippen LogP contribution in [0.1, 0.15) is 24.2 Å². The average Bonchev–Trinajstić information content (AvgIpc) is 3.02. The smallest absolute Gasteiger partial charge is 0.231 e. The van der Waals surface area contributed by atoms with Gasteiger partial charge < -0.3 is 19.4 Å². The van der Waals surface area contributed by atoms with E-state index in [4.69, 9.17) is 20.8 Å². The fourth-order valence-electron chi connectivity index (χ4n) is 3.80. The van der Waals surface area contributed by atoms with E-state index in [1.54, 1.807) is 25.3 Å². The van der Waals surface area contributed by atoms with Gasteiger partial charge >= 0.3 is 0 Å². The number of halogens is 1. The third kappa shape index (κ3) is 3.74. The quantitative estimate of drug-likeness (QED) is 0.683. The lowest BCUT2D eigenvalue weighted by Crippen LogP contribution is -2.41. The zero-order chi connectivity index (χ0) is 20.5. The topological polar surface area (TPSA) is 80.5 Å². The summed E-state index contributed by atoms with van der Waals surface area (Å²) in [5.74, 6) is 2.01. The number of furan rings is 1. The molecule has 1 unspecified atom stereocenters. The van der Waals surface area contributed by atoms with E-state index >= 15 is 0 Å². The number of hydrogen-bond acceptors (Lipinski definition) is 6. The average molecular weight is 415 g/mol. The summed E-state index contributed by atoms with van der Waals surface area (Å²) in [7, 11) is 1.57. The number of carbonyl (C=O) groups is 1. The number of fused-ring (bicyclic) bond motifs is 1. The number of nitrogens with zero attached hydrogens (tertiary/aromatic N) is 3. The second-order valence-electron chi connectivity index (χ2n) is 7.28. The van der Waals surface area contributed by atoms with Crippen LogP contribution in [-0.2, 0) is 4.79 Å². The summed E-state index contributed by atoms with van der Waals surface area (Å²) >= 11 is 6.08. The summed E-state index contributed by atoms with van der Waals surface area (Å²) in [4.78, 5) is 23.9. The molecule has 2 aromatic heterocycles. The minimum Gasteiger partial charge on any atom is -0.495 e. The molecule has 1 atom stereocenters. The minimum absolute atomic E-state index is 0.0549. The molecule has 0 aliphatic carbocycles. The molecule has 1 saturated heterocycles. The number of rotatable bonds is 4. The van der Waals surface area contributed by atoms with Crippen molar-refractivity contribution >= 4 is 40.1 Å². The molecule has 1 aliphatic rings. The van der Waals surface area contributed by atoms with Crippen LogP contribution < -0.4 is 15.0 Å². The van der Waals surface area contributed by atoms with Crippen LogP contribution >= 0.6 is 11.6 Å². The van der Waals surface area contributed by atoms with E-state index in [1.165, 1.54) is 6.33 Å². The summed E-state index contributed by atoms with van der Waals surface area (Å²) in [6.45, 7) is 5.34. The van der Waals surface area contributed by atoms with E-state index in [1.807, 2.05) is 13.8 Å². The van der Waals surface area contributed by atoms with Crippen molar-refractivity contribution in [1.82, 2.24) is 9.97 Å². The van der Waals surface area contributed by atoms with Crippen LogP contribution in [0.5, 0.6) is 5.75 Å². The van der Waals surface area contributed by atoms with Crippen molar-refractivity contribution in [2.24, 2.45) is 5.92 Å². The van der Waals surface area contributed by atoms with E-state index in [0.717, 1.165) is 41.9 Å². The number of methoxy groups -OCH3 is 1. The Balaban J connectivity index is 1.56. The Morgan fingerprint density at radius 1 is 1.34 bits per heavy atom. The van der Waals surface area contributed by atoms with E-state index in [-0.39, 0.29) is 11.8 Å². The van der Waals surface area contributed by atoms with E-state index in [2.05, 4.69) is 20.2 Å². The Bertz CT molecular complexity index is 1070. The maximum absolute atomic E-state index is 13.0. The molecule has 7 nitrogen and oxygen atoms in total. The zero-order valence-corrected chi connectivity index (χ0v) is 17.4. The third-order valence-electron chi connectivity index (χ3n) is 5.46. The van der Waals surface area contributed by atoms with Gasteiger partial charge in [0.15, 0.2) is 0 Å². The Hall–Kier alpha value is -2.80. The maximum atomic E-state index is 13.0. The molecule has 1 aromatic carbocycles. The van der Waals surface area contributed by atoms with Crippen molar-refractivity contribution in [2.45, 2.75) is 26.7 Å². The molecular formula is C21H23ClN4O3. The summed E-state index contributed by atoms with van der Waals surface area (Å²) in [5.41, 5.74) is 2.19. The molecule has 4 rings (SSSR count). The molecule has 0 spiro atoms. The van der Waals surface area contributed by atoms with Crippen molar-refractivity contribution in [1.29, 1.82) is 0 Å². The summed E-state index contributed by atoms with van der Waals surface area (Å²) in [6.07, 6.45) is 3.22. The first-order chi connectivity index (χ1) is 14.0. The van der Waals surface area contributed by atoms with Crippen LogP contribution in [-0.4, -0.2) is 36.1 Å². The standard InChI is InChI=1S/C21H23ClN4O3/c1-12-13(2)29-21-18(12)19(23-11-24-21)26-8-4-5-14(10-26)20(27)25-16-9-15(22)6-7-17(16)28-3/h6-7,9,11,14H,4-5,8,10H2,1-3H3,(H,25,27). The lowest BCUT2D eigenvalue weighted by Gasteiger charge is -2.33. The van der Waals surface area contributed by atoms with E-state index in [0.29, 0.717) is 28.7 Å². The van der Waals surface area contributed by atoms with Crippen LogP contribution in [0.2, 0.25) is 5.02 Å². The first kappa shape index (κ1) is 19.5. The molecule has 152 valence electrons. The first-order valence-electron chi connectivity index (χ1n) is 9.58. The fourth-order valence-corrected chi connectivity index (χ4v) is 3.97. The molecular weight excluding hydrogens is 392 g/mol. The number of anilines is 2. The van der Waals surface area contributed by atoms with Gasteiger partial charge in [-0.15, -0.1) is 0 Å². The van der Waals surface area contributed by atoms with Crippen molar-refractivity contribution in [3.05, 3.63) is 40.9 Å². The molecule has 29 heavy (non-hydrogen) atoms. The highest BCUT2D eigenvalue weighted by Crippen LogP contribution is 2.33. The number of aromatic nitrogens is 2. The summed E-state index contributed by atoms with van der Waals surface area (Å²) in [5, 5.41) is 4.43. The number of benzene rings is 1. The van der Waals surface area contributed by atoms with Gasteiger partial charge in [-0.05, 0) is 44.9 Å². The molecule has 8 heteroatoms. The highest BCUT2D eigenvalue weighted by atomic mass is 35.5. The van der Waals surface area contributed by atoms with Crippen molar-refractivity contribution in [2.75, 3.05) is 30.4 Å². The second kappa shape index (κ2) is 7.91. The Labute approximate surface area is 174 Å². The largest absolute Gasteiger partial charge is 0.495 e. The van der Waals surface area contributed by atoms with E-state index < -0.39 is 0 Å². The third-order valence-corrected chi connectivity index (χ3v) is 5.69. The molecule has 1 fully saturated rings. The van der Waals surface area contributed by atoms with E-state index in [9.17, 15) is 4.79 Å². The summed E-state index contributed by atoms with van der Waals surface area (Å²) < 4.78 is 11.1. The molecule has 1 amide bonds. The normalized spacial score (nSPS) is 16.8.